The van der Waals surface area contributed by atoms with Crippen LogP contribution in [0.4, 0.5) is 0 Å². The third kappa shape index (κ3) is 7.96. The van der Waals surface area contributed by atoms with Crippen LogP contribution in [-0.2, 0) is 11.3 Å². The van der Waals surface area contributed by atoms with E-state index in [1.807, 2.05) is 38.1 Å². The van der Waals surface area contributed by atoms with Crippen LogP contribution in [0, 0.1) is 5.92 Å². The number of rotatable bonds is 11. The fraction of sp³-hybridized carbons (Fsp3) is 0.600. The first-order valence-corrected chi connectivity index (χ1v) is 8.94. The molecule has 0 aliphatic carbocycles. The molecule has 0 saturated heterocycles. The van der Waals surface area contributed by atoms with Gasteiger partial charge in [-0.25, -0.2) is 0 Å². The fourth-order valence-electron chi connectivity index (χ4n) is 2.48. The summed E-state index contributed by atoms with van der Waals surface area (Å²) in [7, 11) is 0. The molecule has 0 unspecified atom stereocenters. The van der Waals surface area contributed by atoms with Gasteiger partial charge in [0.2, 0.25) is 5.91 Å². The van der Waals surface area contributed by atoms with Gasteiger partial charge >= 0.3 is 0 Å². The summed E-state index contributed by atoms with van der Waals surface area (Å²) in [6.45, 7) is 6.54. The number of amides is 1. The predicted molar refractivity (Wildman–Crippen MR) is 95.5 cm³/mol. The van der Waals surface area contributed by atoms with E-state index in [-0.39, 0.29) is 17.6 Å². The summed E-state index contributed by atoms with van der Waals surface area (Å²) in [5.74, 6) is 0.282. The van der Waals surface area contributed by atoms with Crippen molar-refractivity contribution in [1.29, 1.82) is 0 Å². The Bertz CT molecular complexity index is 477. The third-order valence-corrected chi connectivity index (χ3v) is 4.01. The highest BCUT2D eigenvalue weighted by atomic mass is 16.1. The smallest absolute Gasteiger partial charge is 0.220 e. The number of Topliss-reactive ketones (excluding diaryl/α,β-unsaturated/α-hetero) is 1. The molecule has 0 fully saturated rings. The molecule has 1 N–H and O–H groups in total. The summed E-state index contributed by atoms with van der Waals surface area (Å²) < 4.78 is 0. The third-order valence-electron chi connectivity index (χ3n) is 4.01. The molecule has 1 amide bonds. The van der Waals surface area contributed by atoms with Crippen molar-refractivity contribution in [3.8, 4) is 0 Å². The fourth-order valence-corrected chi connectivity index (χ4v) is 2.48. The average Bonchev–Trinajstić information content (AvgIpc) is 2.55. The highest BCUT2D eigenvalue weighted by Gasteiger charge is 2.09. The number of hydrogen-bond donors (Lipinski definition) is 1. The number of ketones is 1. The lowest BCUT2D eigenvalue weighted by Gasteiger charge is -2.07. The van der Waals surface area contributed by atoms with Gasteiger partial charge in [-0.05, 0) is 12.0 Å². The summed E-state index contributed by atoms with van der Waals surface area (Å²) >= 11 is 0. The summed E-state index contributed by atoms with van der Waals surface area (Å²) in [5, 5.41) is 2.95. The Morgan fingerprint density at radius 2 is 1.57 bits per heavy atom. The van der Waals surface area contributed by atoms with Crippen molar-refractivity contribution >= 4 is 11.7 Å². The molecule has 0 spiro atoms. The van der Waals surface area contributed by atoms with Crippen LogP contribution in [0.3, 0.4) is 0 Å². The number of hydrogen-bond acceptors (Lipinski definition) is 2. The molecule has 0 radical (unpaired) electrons. The van der Waals surface area contributed by atoms with Gasteiger partial charge in [-0.1, -0.05) is 77.1 Å². The van der Waals surface area contributed by atoms with Crippen molar-refractivity contribution < 1.29 is 9.59 Å². The summed E-state index contributed by atoms with van der Waals surface area (Å²) in [6, 6.07) is 7.52. The van der Waals surface area contributed by atoms with Gasteiger partial charge < -0.3 is 5.32 Å². The largest absolute Gasteiger partial charge is 0.352 e. The van der Waals surface area contributed by atoms with Crippen molar-refractivity contribution in [2.45, 2.75) is 72.3 Å². The van der Waals surface area contributed by atoms with Crippen LogP contribution >= 0.6 is 0 Å². The molecular weight excluding hydrogens is 286 g/mol. The lowest BCUT2D eigenvalue weighted by molar-refractivity contribution is -0.121. The minimum absolute atomic E-state index is 0.0119. The molecule has 0 saturated carbocycles. The van der Waals surface area contributed by atoms with Crippen LogP contribution in [0.15, 0.2) is 24.3 Å². The van der Waals surface area contributed by atoms with E-state index in [4.69, 9.17) is 0 Å². The van der Waals surface area contributed by atoms with Crippen LogP contribution in [0.5, 0.6) is 0 Å². The zero-order chi connectivity index (χ0) is 17.1. The van der Waals surface area contributed by atoms with Gasteiger partial charge in [0.1, 0.15) is 0 Å². The molecule has 23 heavy (non-hydrogen) atoms. The molecule has 0 aromatic heterocycles. The maximum Gasteiger partial charge on any atom is 0.220 e. The highest BCUT2D eigenvalue weighted by Crippen LogP contribution is 2.10. The van der Waals surface area contributed by atoms with Crippen LogP contribution < -0.4 is 5.32 Å². The van der Waals surface area contributed by atoms with Crippen molar-refractivity contribution in [2.24, 2.45) is 5.92 Å². The van der Waals surface area contributed by atoms with Gasteiger partial charge in [0.15, 0.2) is 5.78 Å². The first-order valence-electron chi connectivity index (χ1n) is 8.94. The molecule has 1 aromatic rings. The summed E-state index contributed by atoms with van der Waals surface area (Å²) in [6.07, 6.45) is 7.77. The topological polar surface area (TPSA) is 46.2 Å². The van der Waals surface area contributed by atoms with Gasteiger partial charge in [0, 0.05) is 24.4 Å². The van der Waals surface area contributed by atoms with E-state index < -0.39 is 0 Å². The van der Waals surface area contributed by atoms with E-state index >= 15 is 0 Å². The molecule has 0 atom stereocenters. The molecule has 1 rings (SSSR count). The predicted octanol–water partition coefficient (Wildman–Crippen LogP) is 4.89. The molecule has 0 heterocycles. The average molecular weight is 317 g/mol. The first kappa shape index (κ1) is 19.4. The lowest BCUT2D eigenvalue weighted by Crippen LogP contribution is -2.22. The Labute approximate surface area is 140 Å². The molecule has 128 valence electrons. The Morgan fingerprint density at radius 3 is 2.17 bits per heavy atom. The Hall–Kier alpha value is -1.64. The first-order chi connectivity index (χ1) is 11.0. The van der Waals surface area contributed by atoms with Crippen LogP contribution in [-0.4, -0.2) is 11.7 Å². The van der Waals surface area contributed by atoms with Crippen LogP contribution in [0.2, 0.25) is 0 Å². The minimum Gasteiger partial charge on any atom is -0.352 e. The van der Waals surface area contributed by atoms with Crippen molar-refractivity contribution in [3.05, 3.63) is 35.4 Å². The second kappa shape index (κ2) is 11.0. The molecule has 0 bridgehead atoms. The number of unbranched alkanes of at least 4 members (excludes halogenated alkanes) is 5. The number of benzene rings is 1. The Kier molecular flexibility index (Phi) is 9.27. The van der Waals surface area contributed by atoms with Crippen molar-refractivity contribution in [3.63, 3.8) is 0 Å². The maximum atomic E-state index is 11.9. The number of carbonyl (C=O) groups is 2. The van der Waals surface area contributed by atoms with Crippen molar-refractivity contribution in [2.75, 3.05) is 0 Å². The molecular formula is C20H31NO2. The summed E-state index contributed by atoms with van der Waals surface area (Å²) in [4.78, 5) is 23.7. The van der Waals surface area contributed by atoms with Crippen LogP contribution in [0.1, 0.15) is 81.6 Å². The molecule has 3 heteroatoms. The molecule has 3 nitrogen and oxygen atoms in total. The quantitative estimate of drug-likeness (QED) is 0.466. The van der Waals surface area contributed by atoms with E-state index in [0.29, 0.717) is 13.0 Å². The normalized spacial score (nSPS) is 10.8. The monoisotopic (exact) mass is 317 g/mol. The summed E-state index contributed by atoms with van der Waals surface area (Å²) in [5.41, 5.74) is 1.77. The molecule has 0 aliphatic rings. The maximum absolute atomic E-state index is 11.9. The van der Waals surface area contributed by atoms with Crippen molar-refractivity contribution in [1.82, 2.24) is 5.32 Å². The van der Waals surface area contributed by atoms with Crippen LogP contribution in [0.25, 0.3) is 0 Å². The van der Waals surface area contributed by atoms with Gasteiger partial charge in [-0.15, -0.1) is 0 Å². The van der Waals surface area contributed by atoms with E-state index in [0.717, 1.165) is 24.0 Å². The van der Waals surface area contributed by atoms with Gasteiger partial charge in [-0.3, -0.25) is 9.59 Å². The van der Waals surface area contributed by atoms with E-state index in [1.165, 1.54) is 25.7 Å². The van der Waals surface area contributed by atoms with E-state index in [9.17, 15) is 9.59 Å². The second-order valence-electron chi connectivity index (χ2n) is 6.51. The minimum atomic E-state index is 0.0119. The number of nitrogens with one attached hydrogen (secondary N) is 1. The highest BCUT2D eigenvalue weighted by molar-refractivity contribution is 5.97. The SMILES string of the molecule is CCCCCCCCC(=O)NCc1ccc(C(=O)C(C)C)cc1. The molecule has 0 aliphatic heterocycles. The second-order valence-corrected chi connectivity index (χ2v) is 6.51. The van der Waals surface area contributed by atoms with Gasteiger partial charge in [0.25, 0.3) is 0 Å². The zero-order valence-electron chi connectivity index (χ0n) is 14.9. The van der Waals surface area contributed by atoms with E-state index in [2.05, 4.69) is 12.2 Å². The standard InChI is InChI=1S/C20H31NO2/c1-4-5-6-7-8-9-10-19(22)21-15-17-11-13-18(14-12-17)20(23)16(2)3/h11-14,16H,4-10,15H2,1-3H3,(H,21,22). The Morgan fingerprint density at radius 1 is 0.957 bits per heavy atom. The molecule has 1 aromatic carbocycles. The zero-order valence-corrected chi connectivity index (χ0v) is 14.9. The Balaban J connectivity index is 2.24. The van der Waals surface area contributed by atoms with E-state index in [1.54, 1.807) is 0 Å². The van der Waals surface area contributed by atoms with Gasteiger partial charge in [0.05, 0.1) is 0 Å². The number of carbonyl (C=O) groups excluding carboxylic acids is 2. The van der Waals surface area contributed by atoms with Gasteiger partial charge in [-0.2, -0.15) is 0 Å². The lowest BCUT2D eigenvalue weighted by atomic mass is 10.00.